The van der Waals surface area contributed by atoms with Gasteiger partial charge in [0.2, 0.25) is 0 Å². The van der Waals surface area contributed by atoms with Crippen LogP contribution in [-0.4, -0.2) is 108 Å². The number of hydrogen-bond acceptors (Lipinski definition) is 6. The van der Waals surface area contributed by atoms with Crippen LogP contribution in [0, 0.1) is 11.3 Å². The molecule has 0 saturated carbocycles. The second-order valence-electron chi connectivity index (χ2n) is 13.1. The van der Waals surface area contributed by atoms with Gasteiger partial charge in [0.25, 0.3) is 0 Å². The summed E-state index contributed by atoms with van der Waals surface area (Å²) in [5, 5.41) is 18.8. The molecule has 2 aliphatic heterocycles. The van der Waals surface area contributed by atoms with Crippen molar-refractivity contribution >= 4 is 47.0 Å². The fraction of sp³-hybridized carbons (Fsp3) is 0.548. The zero-order valence-electron chi connectivity index (χ0n) is 25.4. The Labute approximate surface area is 262 Å². The fourth-order valence-corrected chi connectivity index (χ4v) is 15.0. The van der Waals surface area contributed by atoms with Crippen molar-refractivity contribution in [2.75, 3.05) is 44.2 Å². The molecular formula is C31H50LiN5O2Si2. The normalized spacial score (nSPS) is 17.9. The number of anilines is 1. The molecule has 2 aromatic rings. The second-order valence-corrected chi connectivity index (χ2v) is 23.1. The Hall–Kier alpha value is -1.89. The van der Waals surface area contributed by atoms with Gasteiger partial charge < -0.3 is 14.7 Å². The predicted octanol–water partition coefficient (Wildman–Crippen LogP) is 4.44. The summed E-state index contributed by atoms with van der Waals surface area (Å²) >= 11 is 0. The zero-order chi connectivity index (χ0) is 29.3. The van der Waals surface area contributed by atoms with Gasteiger partial charge in [-0.15, -0.1) is 0 Å². The van der Waals surface area contributed by atoms with Crippen LogP contribution in [0.4, 0.5) is 5.69 Å². The van der Waals surface area contributed by atoms with E-state index in [1.807, 2.05) is 54.6 Å². The Balaban J connectivity index is 0.000000511. The molecule has 2 N–H and O–H groups in total. The summed E-state index contributed by atoms with van der Waals surface area (Å²) in [7, 11) is -1.96. The number of nitriles is 1. The Kier molecular flexibility index (Phi) is 13.9. The Morgan fingerprint density at radius 2 is 1.44 bits per heavy atom. The quantitative estimate of drug-likeness (QED) is 0.442. The van der Waals surface area contributed by atoms with Crippen LogP contribution in [0.5, 0.6) is 0 Å². The summed E-state index contributed by atoms with van der Waals surface area (Å²) in [6, 6.07) is 20.0. The van der Waals surface area contributed by atoms with Crippen LogP contribution in [0.25, 0.3) is 0 Å². The molecule has 4 rings (SSSR count). The molecule has 0 spiro atoms. The van der Waals surface area contributed by atoms with Crippen molar-refractivity contribution in [2.24, 2.45) is 0 Å². The number of nitrogens with zero attached hydrogens (tertiary/aromatic N) is 4. The molecule has 0 radical (unpaired) electrons. The van der Waals surface area contributed by atoms with Crippen LogP contribution in [0.3, 0.4) is 0 Å². The first-order chi connectivity index (χ1) is 18.8. The number of aliphatic carboxylic acids is 1. The van der Waals surface area contributed by atoms with Crippen molar-refractivity contribution in [3.63, 3.8) is 0 Å². The van der Waals surface area contributed by atoms with Crippen LogP contribution in [0.15, 0.2) is 54.6 Å². The number of rotatable bonds is 8. The van der Waals surface area contributed by atoms with Gasteiger partial charge in [0.15, 0.2) is 0 Å². The summed E-state index contributed by atoms with van der Waals surface area (Å²) in [6.07, 6.45) is 2.61. The van der Waals surface area contributed by atoms with Crippen molar-refractivity contribution < 1.29 is 9.90 Å². The Bertz CT molecular complexity index is 1090. The van der Waals surface area contributed by atoms with E-state index in [1.165, 1.54) is 5.69 Å². The number of piperidine rings is 1. The standard InChI is InChI=1S/C25H30N4O2.C6H19NSi2.Li.H/c26-19-21-6-8-22(9-7-21)27-14-16-28(17-15-27)23-10-12-29(13-11-23)24(25(30)31)18-20-4-2-1-3-5-20;1-8(2,3)7-9(4,5)6;;/h1-9,23-24H,10-18H2,(H,30,31);7H,1-6H3;;. The van der Waals surface area contributed by atoms with Crippen molar-refractivity contribution in [1.29, 1.82) is 5.26 Å². The number of benzene rings is 2. The third-order valence-electron chi connectivity index (χ3n) is 7.44. The Morgan fingerprint density at radius 3 is 1.88 bits per heavy atom. The minimum absolute atomic E-state index is 0. The first-order valence-corrected chi connectivity index (χ1v) is 21.6. The van der Waals surface area contributed by atoms with Crippen LogP contribution < -0.4 is 9.55 Å². The molecule has 2 aliphatic rings. The second kappa shape index (κ2) is 16.1. The Morgan fingerprint density at radius 1 is 0.902 bits per heavy atom. The summed E-state index contributed by atoms with van der Waals surface area (Å²) in [4.78, 5) is 19.0. The van der Waals surface area contributed by atoms with Gasteiger partial charge in [-0.2, -0.15) is 5.26 Å². The minimum atomic E-state index is -0.981. The number of piperazine rings is 1. The van der Waals surface area contributed by atoms with E-state index in [0.29, 0.717) is 18.0 Å². The zero-order valence-corrected chi connectivity index (χ0v) is 27.4. The number of carbonyl (C=O) groups is 1. The van der Waals surface area contributed by atoms with Gasteiger partial charge >= 0.3 is 24.8 Å². The number of carboxylic acid groups (broad SMARTS) is 1. The summed E-state index contributed by atoms with van der Waals surface area (Å²) in [5.41, 5.74) is 2.95. The molecule has 0 bridgehead atoms. The molecule has 2 fully saturated rings. The van der Waals surface area contributed by atoms with E-state index in [2.05, 4.69) is 64.7 Å². The van der Waals surface area contributed by atoms with Gasteiger partial charge in [0.1, 0.15) is 22.5 Å². The molecule has 0 aliphatic carbocycles. The molecule has 2 aromatic carbocycles. The number of likely N-dealkylation sites (tertiary alicyclic amines) is 1. The molecule has 1 atom stereocenters. The maximum absolute atomic E-state index is 11.9. The van der Waals surface area contributed by atoms with Crippen molar-refractivity contribution in [1.82, 2.24) is 14.4 Å². The van der Waals surface area contributed by atoms with E-state index in [9.17, 15) is 9.90 Å². The van der Waals surface area contributed by atoms with E-state index in [0.717, 1.165) is 57.7 Å². The van der Waals surface area contributed by atoms with E-state index >= 15 is 0 Å². The summed E-state index contributed by atoms with van der Waals surface area (Å²) in [6.45, 7) is 19.8. The van der Waals surface area contributed by atoms with Gasteiger partial charge in [-0.25, -0.2) is 0 Å². The SMILES string of the molecule is C[Si](C)(C)N[Si](C)(C)C.N#Cc1ccc(N2CCN(C3CCN(C(Cc4ccccc4)C(=O)O)CC3)CC2)cc1.[LiH]. The number of hydrogen-bond donors (Lipinski definition) is 2. The molecule has 1 unspecified atom stereocenters. The number of carboxylic acids is 1. The van der Waals surface area contributed by atoms with Gasteiger partial charge in [0.05, 0.1) is 11.6 Å². The molecule has 0 aromatic heterocycles. The molecule has 41 heavy (non-hydrogen) atoms. The van der Waals surface area contributed by atoms with Crippen LogP contribution in [0.1, 0.15) is 24.0 Å². The first-order valence-electron chi connectivity index (χ1n) is 14.6. The van der Waals surface area contributed by atoms with E-state index < -0.39 is 28.5 Å². The van der Waals surface area contributed by atoms with Crippen LogP contribution >= 0.6 is 0 Å². The van der Waals surface area contributed by atoms with Crippen LogP contribution in [-0.2, 0) is 11.2 Å². The van der Waals surface area contributed by atoms with Crippen molar-refractivity contribution in [3.05, 3.63) is 65.7 Å². The maximum atomic E-state index is 11.9. The van der Waals surface area contributed by atoms with Crippen molar-refractivity contribution in [3.8, 4) is 6.07 Å². The topological polar surface area (TPSA) is 82.8 Å². The van der Waals surface area contributed by atoms with Gasteiger partial charge in [0, 0.05) is 51.0 Å². The van der Waals surface area contributed by atoms with Gasteiger partial charge in [-0.05, 0) is 49.1 Å². The van der Waals surface area contributed by atoms with Crippen molar-refractivity contribution in [2.45, 2.75) is 70.6 Å². The van der Waals surface area contributed by atoms with E-state index in [-0.39, 0.29) is 18.9 Å². The molecule has 2 saturated heterocycles. The molecule has 220 valence electrons. The fourth-order valence-electron chi connectivity index (χ4n) is 5.99. The number of nitrogens with one attached hydrogen (secondary N) is 1. The first kappa shape index (κ1) is 35.3. The van der Waals surface area contributed by atoms with E-state index in [4.69, 9.17) is 5.26 Å². The molecule has 0 amide bonds. The van der Waals surface area contributed by atoms with Gasteiger partial charge in [-0.3, -0.25) is 14.6 Å². The average molecular weight is 588 g/mol. The van der Waals surface area contributed by atoms with Crippen LogP contribution in [0.2, 0.25) is 39.3 Å². The molecule has 10 heteroatoms. The van der Waals surface area contributed by atoms with Gasteiger partial charge in [-0.1, -0.05) is 69.6 Å². The third kappa shape index (κ3) is 12.1. The molecule has 2 heterocycles. The summed E-state index contributed by atoms with van der Waals surface area (Å²) < 4.78 is 3.74. The average Bonchev–Trinajstić information content (AvgIpc) is 2.91. The third-order valence-corrected chi connectivity index (χ3v) is 13.4. The van der Waals surface area contributed by atoms with E-state index in [1.54, 1.807) is 0 Å². The molecular weight excluding hydrogens is 537 g/mol. The predicted molar refractivity (Wildman–Crippen MR) is 178 cm³/mol. The summed E-state index contributed by atoms with van der Waals surface area (Å²) in [5.74, 6) is -0.724. The monoisotopic (exact) mass is 587 g/mol. The molecule has 7 nitrogen and oxygen atoms in total.